The van der Waals surface area contributed by atoms with E-state index in [9.17, 15) is 9.90 Å². The number of fused-ring (bicyclic) bond motifs is 1. The fourth-order valence-electron chi connectivity index (χ4n) is 3.67. The third-order valence-electron chi connectivity index (χ3n) is 5.07. The molecule has 1 aliphatic carbocycles. The highest BCUT2D eigenvalue weighted by Gasteiger charge is 2.43. The lowest BCUT2D eigenvalue weighted by Crippen LogP contribution is -2.54. The number of nitrogens with zero attached hydrogens (tertiary/aromatic N) is 1. The van der Waals surface area contributed by atoms with Crippen LogP contribution in [0.3, 0.4) is 0 Å². The zero-order valence-electron chi connectivity index (χ0n) is 12.2. The average Bonchev–Trinajstić information content (AvgIpc) is 2.53. The number of halogens is 1. The van der Waals surface area contributed by atoms with E-state index in [1.165, 1.54) is 6.42 Å². The van der Waals surface area contributed by atoms with Crippen molar-refractivity contribution in [3.05, 3.63) is 35.4 Å². The normalized spacial score (nSPS) is 29.0. The molecule has 21 heavy (non-hydrogen) atoms. The number of likely N-dealkylation sites (tertiary alicyclic amines) is 1. The zero-order valence-corrected chi connectivity index (χ0v) is 13.0. The first-order valence-electron chi connectivity index (χ1n) is 7.79. The highest BCUT2D eigenvalue weighted by atomic mass is 35.5. The summed E-state index contributed by atoms with van der Waals surface area (Å²) in [6.07, 6.45) is 4.92. The number of hydrogen-bond donors (Lipinski definition) is 1. The van der Waals surface area contributed by atoms with Crippen LogP contribution in [0.5, 0.6) is 0 Å². The highest BCUT2D eigenvalue weighted by Crippen LogP contribution is 2.40. The van der Waals surface area contributed by atoms with Crippen LogP contribution in [0.15, 0.2) is 24.3 Å². The number of carbonyl (C=O) groups excluding carboxylic acids is 1. The van der Waals surface area contributed by atoms with Crippen LogP contribution in [0, 0.1) is 5.92 Å². The van der Waals surface area contributed by atoms with Crippen molar-refractivity contribution in [1.29, 1.82) is 0 Å². The molecule has 2 atom stereocenters. The van der Waals surface area contributed by atoms with Crippen molar-refractivity contribution in [2.24, 2.45) is 5.92 Å². The van der Waals surface area contributed by atoms with Gasteiger partial charge in [0.05, 0.1) is 5.60 Å². The zero-order chi connectivity index (χ0) is 14.9. The predicted octanol–water partition coefficient (Wildman–Crippen LogP) is 3.19. The van der Waals surface area contributed by atoms with Crippen LogP contribution < -0.4 is 0 Å². The van der Waals surface area contributed by atoms with E-state index in [2.05, 4.69) is 0 Å². The van der Waals surface area contributed by atoms with E-state index in [0.29, 0.717) is 31.0 Å². The van der Waals surface area contributed by atoms with Gasteiger partial charge in [0.15, 0.2) is 0 Å². The lowest BCUT2D eigenvalue weighted by Gasteiger charge is -2.47. The molecule has 2 unspecified atom stereocenters. The largest absolute Gasteiger partial charge is 0.389 e. The Morgan fingerprint density at radius 2 is 2.05 bits per heavy atom. The van der Waals surface area contributed by atoms with Crippen molar-refractivity contribution < 1.29 is 9.90 Å². The average molecular weight is 308 g/mol. The molecule has 1 saturated carbocycles. The first kappa shape index (κ1) is 14.9. The van der Waals surface area contributed by atoms with Crippen LogP contribution in [0.1, 0.15) is 48.0 Å². The van der Waals surface area contributed by atoms with Crippen LogP contribution in [-0.2, 0) is 5.88 Å². The molecular formula is C17H22ClNO2. The van der Waals surface area contributed by atoms with Gasteiger partial charge in [0.1, 0.15) is 0 Å². The Labute approximate surface area is 130 Å². The smallest absolute Gasteiger partial charge is 0.253 e. The second-order valence-electron chi connectivity index (χ2n) is 6.38. The summed E-state index contributed by atoms with van der Waals surface area (Å²) >= 11 is 5.78. The molecule has 114 valence electrons. The Kier molecular flexibility index (Phi) is 4.23. The standard InChI is InChI=1S/C17H22ClNO2/c18-11-13-4-6-14(7-5-13)16(20)19-10-9-17(21)8-2-1-3-15(17)12-19/h4-7,15,21H,1-3,8-12H2. The van der Waals surface area contributed by atoms with E-state index >= 15 is 0 Å². The summed E-state index contributed by atoms with van der Waals surface area (Å²) in [5, 5.41) is 10.7. The Bertz CT molecular complexity index is 516. The first-order valence-corrected chi connectivity index (χ1v) is 8.32. The van der Waals surface area contributed by atoms with Gasteiger partial charge in [-0.3, -0.25) is 4.79 Å². The van der Waals surface area contributed by atoms with Gasteiger partial charge in [0, 0.05) is 30.5 Å². The van der Waals surface area contributed by atoms with Gasteiger partial charge in [-0.2, -0.15) is 0 Å². The van der Waals surface area contributed by atoms with E-state index < -0.39 is 5.60 Å². The summed E-state index contributed by atoms with van der Waals surface area (Å²) in [6, 6.07) is 7.51. The highest BCUT2D eigenvalue weighted by molar-refractivity contribution is 6.17. The van der Waals surface area contributed by atoms with Crippen molar-refractivity contribution in [3.63, 3.8) is 0 Å². The molecule has 1 aliphatic heterocycles. The summed E-state index contributed by atoms with van der Waals surface area (Å²) in [7, 11) is 0. The molecule has 0 bridgehead atoms. The third kappa shape index (κ3) is 2.95. The van der Waals surface area contributed by atoms with Gasteiger partial charge in [-0.1, -0.05) is 25.0 Å². The monoisotopic (exact) mass is 307 g/mol. The Morgan fingerprint density at radius 3 is 2.76 bits per heavy atom. The summed E-state index contributed by atoms with van der Waals surface area (Å²) in [5.74, 6) is 0.780. The lowest BCUT2D eigenvalue weighted by atomic mass is 9.71. The lowest BCUT2D eigenvalue weighted by molar-refractivity contribution is -0.0886. The molecule has 1 N–H and O–H groups in total. The second-order valence-corrected chi connectivity index (χ2v) is 6.65. The van der Waals surface area contributed by atoms with Crippen LogP contribution in [-0.4, -0.2) is 34.6 Å². The van der Waals surface area contributed by atoms with E-state index in [1.807, 2.05) is 29.2 Å². The van der Waals surface area contributed by atoms with Crippen molar-refractivity contribution in [1.82, 2.24) is 4.90 Å². The van der Waals surface area contributed by atoms with Gasteiger partial charge in [0.25, 0.3) is 5.91 Å². The van der Waals surface area contributed by atoms with Gasteiger partial charge < -0.3 is 10.0 Å². The molecule has 1 aromatic carbocycles. The van der Waals surface area contributed by atoms with Gasteiger partial charge in [0.2, 0.25) is 0 Å². The second kappa shape index (κ2) is 5.98. The summed E-state index contributed by atoms with van der Waals surface area (Å²) in [5.41, 5.74) is 1.20. The number of aliphatic hydroxyl groups is 1. The van der Waals surface area contributed by atoms with Gasteiger partial charge in [-0.05, 0) is 37.0 Å². The van der Waals surface area contributed by atoms with Gasteiger partial charge >= 0.3 is 0 Å². The molecule has 2 aliphatic rings. The molecule has 1 aromatic rings. The molecule has 1 heterocycles. The molecule has 0 radical (unpaired) electrons. The Hall–Kier alpha value is -1.06. The van der Waals surface area contributed by atoms with Crippen molar-refractivity contribution >= 4 is 17.5 Å². The number of carbonyl (C=O) groups is 1. The van der Waals surface area contributed by atoms with E-state index in [4.69, 9.17) is 11.6 Å². The molecule has 4 heteroatoms. The summed E-state index contributed by atoms with van der Waals surface area (Å²) in [4.78, 5) is 14.5. The number of alkyl halides is 1. The maximum atomic E-state index is 12.6. The van der Waals surface area contributed by atoms with Crippen LogP contribution in [0.25, 0.3) is 0 Å². The summed E-state index contributed by atoms with van der Waals surface area (Å²) in [6.45, 7) is 1.34. The minimum atomic E-state index is -0.530. The Morgan fingerprint density at radius 1 is 1.29 bits per heavy atom. The molecule has 3 nitrogen and oxygen atoms in total. The number of hydrogen-bond acceptors (Lipinski definition) is 2. The molecule has 2 fully saturated rings. The van der Waals surface area contributed by atoms with Crippen LogP contribution in [0.2, 0.25) is 0 Å². The SMILES string of the molecule is O=C(c1ccc(CCl)cc1)N1CCC2(O)CCCCC2C1. The number of benzene rings is 1. The predicted molar refractivity (Wildman–Crippen MR) is 83.4 cm³/mol. The fourth-order valence-corrected chi connectivity index (χ4v) is 3.85. The quantitative estimate of drug-likeness (QED) is 0.852. The summed E-state index contributed by atoms with van der Waals surface area (Å²) < 4.78 is 0. The topological polar surface area (TPSA) is 40.5 Å². The number of rotatable bonds is 2. The van der Waals surface area contributed by atoms with Crippen LogP contribution in [0.4, 0.5) is 0 Å². The van der Waals surface area contributed by atoms with Crippen molar-refractivity contribution in [2.75, 3.05) is 13.1 Å². The van der Waals surface area contributed by atoms with Gasteiger partial charge in [-0.25, -0.2) is 0 Å². The van der Waals surface area contributed by atoms with Crippen molar-refractivity contribution in [3.8, 4) is 0 Å². The number of amides is 1. The minimum absolute atomic E-state index is 0.0729. The molecule has 0 spiro atoms. The minimum Gasteiger partial charge on any atom is -0.389 e. The fraction of sp³-hybridized carbons (Fsp3) is 0.588. The molecule has 1 amide bonds. The maximum Gasteiger partial charge on any atom is 0.253 e. The number of piperidine rings is 1. The van der Waals surface area contributed by atoms with E-state index in [1.54, 1.807) is 0 Å². The van der Waals surface area contributed by atoms with Crippen molar-refractivity contribution in [2.45, 2.75) is 43.6 Å². The third-order valence-corrected chi connectivity index (χ3v) is 5.38. The van der Waals surface area contributed by atoms with Crippen LogP contribution >= 0.6 is 11.6 Å². The van der Waals surface area contributed by atoms with E-state index in [0.717, 1.165) is 24.8 Å². The maximum absolute atomic E-state index is 12.6. The van der Waals surface area contributed by atoms with E-state index in [-0.39, 0.29) is 11.8 Å². The first-order chi connectivity index (χ1) is 10.1. The molecule has 3 rings (SSSR count). The van der Waals surface area contributed by atoms with Gasteiger partial charge in [-0.15, -0.1) is 11.6 Å². The molecule has 0 aromatic heterocycles. The Balaban J connectivity index is 1.70. The molecule has 1 saturated heterocycles. The molecular weight excluding hydrogens is 286 g/mol.